The second kappa shape index (κ2) is 9.29. The summed E-state index contributed by atoms with van der Waals surface area (Å²) in [4.78, 5) is 16.8. The first-order chi connectivity index (χ1) is 15.8. The van der Waals surface area contributed by atoms with Crippen molar-refractivity contribution in [1.82, 2.24) is 26.0 Å². The van der Waals surface area contributed by atoms with E-state index in [1.165, 1.54) is 11.5 Å². The van der Waals surface area contributed by atoms with E-state index in [1.807, 2.05) is 38.1 Å². The Hall–Kier alpha value is -3.92. The molecule has 2 N–H and O–H groups in total. The molecule has 1 aliphatic heterocycles. The standard InChI is InChI=1S/C23H26N6O4/c1-23(2)13-18-19(32-17-7-5-15(6-8-17)21-26-14-31-28-21)11-16(12-20(18)33-23)22(30)25-9-10-27-29(4)24-3/h5-8,10-12,14,24H,9,13H2,1-4H3,(H,25,30)/b27-10-. The molecule has 0 radical (unpaired) electrons. The molecule has 2 heterocycles. The van der Waals surface area contributed by atoms with Crippen molar-refractivity contribution < 1.29 is 18.8 Å². The van der Waals surface area contributed by atoms with Gasteiger partial charge in [0.1, 0.15) is 22.8 Å². The number of amides is 1. The van der Waals surface area contributed by atoms with Gasteiger partial charge in [0.25, 0.3) is 5.91 Å². The van der Waals surface area contributed by atoms with Crippen LogP contribution in [0.15, 0.2) is 52.4 Å². The van der Waals surface area contributed by atoms with E-state index in [-0.39, 0.29) is 18.1 Å². The second-order valence-electron chi connectivity index (χ2n) is 8.13. The molecule has 1 aromatic heterocycles. The van der Waals surface area contributed by atoms with Crippen molar-refractivity contribution in [2.75, 3.05) is 20.6 Å². The van der Waals surface area contributed by atoms with Gasteiger partial charge in [0.15, 0.2) is 0 Å². The fraction of sp³-hybridized carbons (Fsp3) is 0.304. The molecular formula is C23H26N6O4. The van der Waals surface area contributed by atoms with Gasteiger partial charge >= 0.3 is 0 Å². The lowest BCUT2D eigenvalue weighted by atomic mass is 9.99. The zero-order valence-electron chi connectivity index (χ0n) is 19.0. The lowest BCUT2D eigenvalue weighted by molar-refractivity contribution is 0.0957. The summed E-state index contributed by atoms with van der Waals surface area (Å²) in [6.07, 6.45) is 3.56. The zero-order valence-corrected chi connectivity index (χ0v) is 19.0. The first kappa shape index (κ1) is 22.3. The van der Waals surface area contributed by atoms with Gasteiger partial charge in [-0.25, -0.2) is 10.5 Å². The molecule has 172 valence electrons. The highest BCUT2D eigenvalue weighted by Gasteiger charge is 2.34. The number of aromatic nitrogens is 2. The van der Waals surface area contributed by atoms with E-state index >= 15 is 0 Å². The molecule has 3 aromatic rings. The molecule has 0 unspecified atom stereocenters. The maximum absolute atomic E-state index is 12.8. The predicted molar refractivity (Wildman–Crippen MR) is 122 cm³/mol. The first-order valence-corrected chi connectivity index (χ1v) is 10.5. The highest BCUT2D eigenvalue weighted by Crippen LogP contribution is 2.43. The number of nitrogens with one attached hydrogen (secondary N) is 2. The monoisotopic (exact) mass is 450 g/mol. The lowest BCUT2D eigenvalue weighted by Crippen LogP contribution is -2.28. The molecule has 10 nitrogen and oxygen atoms in total. The van der Waals surface area contributed by atoms with Crippen molar-refractivity contribution in [2.45, 2.75) is 25.9 Å². The van der Waals surface area contributed by atoms with Crippen LogP contribution < -0.4 is 20.2 Å². The predicted octanol–water partition coefficient (Wildman–Crippen LogP) is 3.02. The molecule has 33 heavy (non-hydrogen) atoms. The first-order valence-electron chi connectivity index (χ1n) is 10.5. The summed E-state index contributed by atoms with van der Waals surface area (Å²) in [5.74, 6) is 2.10. The van der Waals surface area contributed by atoms with Gasteiger partial charge < -0.3 is 19.3 Å². The van der Waals surface area contributed by atoms with Crippen LogP contribution in [-0.4, -0.2) is 53.6 Å². The minimum atomic E-state index is -0.386. The van der Waals surface area contributed by atoms with Gasteiger partial charge in [0, 0.05) is 43.4 Å². The quantitative estimate of drug-likeness (QED) is 0.398. The van der Waals surface area contributed by atoms with Gasteiger partial charge in [-0.15, -0.1) is 0 Å². The Morgan fingerprint density at radius 1 is 1.30 bits per heavy atom. The minimum absolute atomic E-state index is 0.248. The number of hydrazine groups is 1. The Morgan fingerprint density at radius 3 is 2.79 bits per heavy atom. The van der Waals surface area contributed by atoms with E-state index in [1.54, 1.807) is 32.4 Å². The molecule has 4 rings (SSSR count). The number of carbonyl (C=O) groups excluding carboxylic acids is 1. The van der Waals surface area contributed by atoms with Crippen LogP contribution in [0.2, 0.25) is 0 Å². The van der Waals surface area contributed by atoms with E-state index in [0.29, 0.717) is 35.1 Å². The number of hydrazone groups is 1. The Kier molecular flexibility index (Phi) is 6.27. The molecule has 0 aliphatic carbocycles. The average molecular weight is 450 g/mol. The van der Waals surface area contributed by atoms with Gasteiger partial charge in [0.05, 0.1) is 6.54 Å². The van der Waals surface area contributed by atoms with E-state index in [9.17, 15) is 4.79 Å². The largest absolute Gasteiger partial charge is 0.487 e. The molecule has 0 saturated carbocycles. The topological polar surface area (TPSA) is 114 Å². The molecule has 1 amide bonds. The van der Waals surface area contributed by atoms with Gasteiger partial charge in [0.2, 0.25) is 12.2 Å². The maximum Gasteiger partial charge on any atom is 0.251 e. The van der Waals surface area contributed by atoms with Crippen LogP contribution in [0.4, 0.5) is 0 Å². The summed E-state index contributed by atoms with van der Waals surface area (Å²) in [5.41, 5.74) is 4.64. The zero-order chi connectivity index (χ0) is 23.4. The number of benzene rings is 2. The van der Waals surface area contributed by atoms with Crippen LogP contribution in [-0.2, 0) is 6.42 Å². The Labute approximate surface area is 191 Å². The molecule has 1 aliphatic rings. The fourth-order valence-electron chi connectivity index (χ4n) is 3.42. The third-order valence-corrected chi connectivity index (χ3v) is 5.05. The molecule has 0 saturated heterocycles. The number of ether oxygens (including phenoxy) is 2. The van der Waals surface area contributed by atoms with Crippen LogP contribution in [0.5, 0.6) is 17.2 Å². The number of rotatable bonds is 8. The summed E-state index contributed by atoms with van der Waals surface area (Å²) in [7, 11) is 3.51. The molecule has 0 atom stereocenters. The molecule has 0 spiro atoms. The maximum atomic E-state index is 12.8. The van der Waals surface area contributed by atoms with Crippen LogP contribution in [0, 0.1) is 0 Å². The summed E-state index contributed by atoms with van der Waals surface area (Å²) in [5, 5.41) is 12.3. The highest BCUT2D eigenvalue weighted by molar-refractivity contribution is 5.96. The van der Waals surface area contributed by atoms with Gasteiger partial charge in [-0.3, -0.25) is 4.79 Å². The Morgan fingerprint density at radius 2 is 2.09 bits per heavy atom. The molecular weight excluding hydrogens is 424 g/mol. The molecule has 2 aromatic carbocycles. The van der Waals surface area contributed by atoms with E-state index in [4.69, 9.17) is 14.0 Å². The third-order valence-electron chi connectivity index (χ3n) is 5.05. The summed E-state index contributed by atoms with van der Waals surface area (Å²) in [6.45, 7) is 4.29. The SMILES string of the molecule is CNN(C)/N=C\CNC(=O)c1cc(Oc2ccc(-c3ncon3)cc2)c2c(c1)OC(C)(C)C2. The minimum Gasteiger partial charge on any atom is -0.487 e. The van der Waals surface area contributed by atoms with Crippen molar-refractivity contribution in [3.63, 3.8) is 0 Å². The Bertz CT molecular complexity index is 1140. The van der Waals surface area contributed by atoms with E-state index in [2.05, 4.69) is 26.0 Å². The smallest absolute Gasteiger partial charge is 0.251 e. The number of carbonyl (C=O) groups is 1. The van der Waals surface area contributed by atoms with Crippen LogP contribution in [0.25, 0.3) is 11.4 Å². The van der Waals surface area contributed by atoms with Crippen molar-refractivity contribution in [1.29, 1.82) is 0 Å². The lowest BCUT2D eigenvalue weighted by Gasteiger charge is -2.16. The van der Waals surface area contributed by atoms with Crippen LogP contribution in [0.3, 0.4) is 0 Å². The molecule has 10 heteroatoms. The van der Waals surface area contributed by atoms with Crippen molar-refractivity contribution in [3.8, 4) is 28.6 Å². The summed E-state index contributed by atoms with van der Waals surface area (Å²) in [6, 6.07) is 10.8. The van der Waals surface area contributed by atoms with Gasteiger partial charge in [-0.05, 0) is 50.2 Å². The number of hydrogen-bond donors (Lipinski definition) is 2. The third kappa shape index (κ3) is 5.29. The summed E-state index contributed by atoms with van der Waals surface area (Å²) < 4.78 is 17.1. The van der Waals surface area contributed by atoms with E-state index in [0.717, 1.165) is 11.1 Å². The number of fused-ring (bicyclic) bond motifs is 1. The second-order valence-corrected chi connectivity index (χ2v) is 8.13. The van der Waals surface area contributed by atoms with Gasteiger partial charge in [-0.2, -0.15) is 10.1 Å². The van der Waals surface area contributed by atoms with Crippen LogP contribution >= 0.6 is 0 Å². The molecule has 0 fully saturated rings. The highest BCUT2D eigenvalue weighted by atomic mass is 16.5. The normalized spacial score (nSPS) is 14.1. The van der Waals surface area contributed by atoms with Crippen molar-refractivity contribution >= 4 is 12.1 Å². The summed E-state index contributed by atoms with van der Waals surface area (Å²) >= 11 is 0. The van der Waals surface area contributed by atoms with Crippen LogP contribution in [0.1, 0.15) is 29.8 Å². The fourth-order valence-corrected chi connectivity index (χ4v) is 3.42. The average Bonchev–Trinajstić information content (AvgIpc) is 3.43. The van der Waals surface area contributed by atoms with E-state index < -0.39 is 0 Å². The van der Waals surface area contributed by atoms with Crippen molar-refractivity contribution in [3.05, 3.63) is 53.9 Å². The molecule has 0 bridgehead atoms. The van der Waals surface area contributed by atoms with Crippen molar-refractivity contribution in [2.24, 2.45) is 5.10 Å². The number of nitrogens with zero attached hydrogens (tertiary/aromatic N) is 4. The number of hydrogen-bond acceptors (Lipinski definition) is 9. The van der Waals surface area contributed by atoms with Gasteiger partial charge in [-0.1, -0.05) is 5.16 Å². The Balaban J connectivity index is 1.55.